The van der Waals surface area contributed by atoms with Crippen molar-refractivity contribution in [3.05, 3.63) is 29.1 Å². The quantitative estimate of drug-likeness (QED) is 0.764. The maximum atomic E-state index is 11.6. The van der Waals surface area contributed by atoms with Gasteiger partial charge in [-0.2, -0.15) is 0 Å². The van der Waals surface area contributed by atoms with Crippen molar-refractivity contribution in [3.8, 4) is 0 Å². The van der Waals surface area contributed by atoms with Gasteiger partial charge < -0.3 is 5.11 Å². The maximum Gasteiger partial charge on any atom is 0.303 e. The van der Waals surface area contributed by atoms with Gasteiger partial charge in [-0.3, -0.25) is 14.6 Å². The molecule has 0 spiro atoms. The van der Waals surface area contributed by atoms with E-state index in [1.807, 2.05) is 13.0 Å². The van der Waals surface area contributed by atoms with E-state index in [1.54, 1.807) is 13.1 Å². The Morgan fingerprint density at radius 3 is 2.53 bits per heavy atom. The largest absolute Gasteiger partial charge is 0.481 e. The summed E-state index contributed by atoms with van der Waals surface area (Å²) < 4.78 is 0. The van der Waals surface area contributed by atoms with Crippen LogP contribution in [0.15, 0.2) is 12.3 Å². The first kappa shape index (κ1) is 11.4. The van der Waals surface area contributed by atoms with E-state index in [1.165, 1.54) is 0 Å². The van der Waals surface area contributed by atoms with Crippen LogP contribution in [-0.2, 0) is 4.79 Å². The summed E-state index contributed by atoms with van der Waals surface area (Å²) >= 11 is 0. The van der Waals surface area contributed by atoms with E-state index in [2.05, 4.69) is 4.98 Å². The van der Waals surface area contributed by atoms with E-state index in [0.29, 0.717) is 5.69 Å². The molecule has 0 amide bonds. The van der Waals surface area contributed by atoms with E-state index in [9.17, 15) is 9.59 Å². The van der Waals surface area contributed by atoms with Crippen LogP contribution in [0, 0.1) is 13.8 Å². The van der Waals surface area contributed by atoms with Crippen LogP contribution in [0.25, 0.3) is 0 Å². The number of rotatable bonds is 4. The van der Waals surface area contributed by atoms with Crippen molar-refractivity contribution >= 4 is 11.8 Å². The molecular formula is C11H13NO3. The van der Waals surface area contributed by atoms with Crippen LogP contribution in [0.1, 0.15) is 34.5 Å². The van der Waals surface area contributed by atoms with Crippen molar-refractivity contribution in [1.29, 1.82) is 0 Å². The number of nitrogens with zero attached hydrogens (tertiary/aromatic N) is 1. The number of aryl methyl sites for hydroxylation is 2. The van der Waals surface area contributed by atoms with Crippen LogP contribution < -0.4 is 0 Å². The number of carbonyl (C=O) groups excluding carboxylic acids is 1. The summed E-state index contributed by atoms with van der Waals surface area (Å²) in [7, 11) is 0. The molecule has 0 aliphatic carbocycles. The second-order valence-electron chi connectivity index (χ2n) is 3.50. The van der Waals surface area contributed by atoms with Crippen molar-refractivity contribution in [3.63, 3.8) is 0 Å². The van der Waals surface area contributed by atoms with E-state index < -0.39 is 5.97 Å². The smallest absolute Gasteiger partial charge is 0.303 e. The number of Topliss-reactive ketones (excluding diaryl/α,β-unsaturated/α-hetero) is 1. The van der Waals surface area contributed by atoms with Crippen molar-refractivity contribution in [2.75, 3.05) is 0 Å². The fourth-order valence-electron chi connectivity index (χ4n) is 1.35. The van der Waals surface area contributed by atoms with Crippen LogP contribution in [-0.4, -0.2) is 21.8 Å². The SMILES string of the molecule is Cc1cnc(C(=O)CCC(=O)O)c(C)c1. The lowest BCUT2D eigenvalue weighted by Gasteiger charge is -2.03. The van der Waals surface area contributed by atoms with E-state index in [0.717, 1.165) is 11.1 Å². The summed E-state index contributed by atoms with van der Waals surface area (Å²) in [6, 6.07) is 1.86. The maximum absolute atomic E-state index is 11.6. The summed E-state index contributed by atoms with van der Waals surface area (Å²) in [5, 5.41) is 8.45. The Morgan fingerprint density at radius 1 is 1.33 bits per heavy atom. The molecule has 1 aromatic heterocycles. The summed E-state index contributed by atoms with van der Waals surface area (Å²) in [5.41, 5.74) is 2.16. The second-order valence-corrected chi connectivity index (χ2v) is 3.50. The Kier molecular flexibility index (Phi) is 3.55. The highest BCUT2D eigenvalue weighted by Crippen LogP contribution is 2.10. The van der Waals surface area contributed by atoms with Crippen molar-refractivity contribution in [2.24, 2.45) is 0 Å². The van der Waals surface area contributed by atoms with Gasteiger partial charge in [-0.1, -0.05) is 6.07 Å². The molecule has 0 atom stereocenters. The zero-order valence-electron chi connectivity index (χ0n) is 8.78. The number of aliphatic carboxylic acids is 1. The van der Waals surface area contributed by atoms with E-state index >= 15 is 0 Å². The Labute approximate surface area is 88.0 Å². The molecule has 1 rings (SSSR count). The molecule has 4 nitrogen and oxygen atoms in total. The normalized spacial score (nSPS) is 10.0. The predicted molar refractivity (Wildman–Crippen MR) is 54.9 cm³/mol. The Morgan fingerprint density at radius 2 is 2.00 bits per heavy atom. The standard InChI is InChI=1S/C11H13NO3/c1-7-5-8(2)11(12-6-7)9(13)3-4-10(14)15/h5-6H,3-4H2,1-2H3,(H,14,15). The van der Waals surface area contributed by atoms with Crippen molar-refractivity contribution in [2.45, 2.75) is 26.7 Å². The summed E-state index contributed by atoms with van der Waals surface area (Å²) in [4.78, 5) is 25.9. The van der Waals surface area contributed by atoms with Crippen LogP contribution >= 0.6 is 0 Å². The van der Waals surface area contributed by atoms with Crippen LogP contribution in [0.2, 0.25) is 0 Å². The second kappa shape index (κ2) is 4.68. The zero-order chi connectivity index (χ0) is 11.4. The van der Waals surface area contributed by atoms with Gasteiger partial charge in [0.2, 0.25) is 0 Å². The Balaban J connectivity index is 2.78. The number of carboxylic acids is 1. The molecule has 1 heterocycles. The molecule has 0 aromatic carbocycles. The summed E-state index contributed by atoms with van der Waals surface area (Å²) in [6.45, 7) is 3.69. The van der Waals surface area contributed by atoms with Gasteiger partial charge in [-0.15, -0.1) is 0 Å². The number of carboxylic acid groups (broad SMARTS) is 1. The van der Waals surface area contributed by atoms with Gasteiger partial charge in [-0.25, -0.2) is 0 Å². The van der Waals surface area contributed by atoms with E-state index in [4.69, 9.17) is 5.11 Å². The van der Waals surface area contributed by atoms with Crippen LogP contribution in [0.4, 0.5) is 0 Å². The van der Waals surface area contributed by atoms with Crippen molar-refractivity contribution in [1.82, 2.24) is 4.98 Å². The fraction of sp³-hybridized carbons (Fsp3) is 0.364. The highest BCUT2D eigenvalue weighted by Gasteiger charge is 2.12. The molecule has 0 aliphatic rings. The lowest BCUT2D eigenvalue weighted by Crippen LogP contribution is -2.07. The summed E-state index contributed by atoms with van der Waals surface area (Å²) in [6.07, 6.45) is 1.47. The van der Waals surface area contributed by atoms with Gasteiger partial charge in [0, 0.05) is 12.6 Å². The molecular weight excluding hydrogens is 194 g/mol. The zero-order valence-corrected chi connectivity index (χ0v) is 8.78. The molecule has 0 saturated heterocycles. The minimum atomic E-state index is -0.965. The van der Waals surface area contributed by atoms with Crippen molar-refractivity contribution < 1.29 is 14.7 Å². The number of carbonyl (C=O) groups is 2. The number of ketones is 1. The molecule has 4 heteroatoms. The first-order valence-corrected chi connectivity index (χ1v) is 4.69. The topological polar surface area (TPSA) is 67.3 Å². The Bertz CT molecular complexity index is 399. The van der Waals surface area contributed by atoms with Gasteiger partial charge in [0.1, 0.15) is 5.69 Å². The number of hydrogen-bond donors (Lipinski definition) is 1. The average molecular weight is 207 g/mol. The summed E-state index contributed by atoms with van der Waals surface area (Å²) in [5.74, 6) is -1.18. The lowest BCUT2D eigenvalue weighted by molar-refractivity contribution is -0.136. The number of hydrogen-bond acceptors (Lipinski definition) is 3. The number of aromatic nitrogens is 1. The third-order valence-electron chi connectivity index (χ3n) is 2.05. The molecule has 0 bridgehead atoms. The van der Waals surface area contributed by atoms with Crippen LogP contribution in [0.3, 0.4) is 0 Å². The molecule has 1 aromatic rings. The Hall–Kier alpha value is -1.71. The highest BCUT2D eigenvalue weighted by atomic mass is 16.4. The van der Waals surface area contributed by atoms with Gasteiger partial charge in [-0.05, 0) is 25.0 Å². The van der Waals surface area contributed by atoms with Gasteiger partial charge in [0.05, 0.1) is 6.42 Å². The molecule has 1 N–H and O–H groups in total. The lowest BCUT2D eigenvalue weighted by atomic mass is 10.1. The minimum Gasteiger partial charge on any atom is -0.481 e. The van der Waals surface area contributed by atoms with Crippen LogP contribution in [0.5, 0.6) is 0 Å². The fourth-order valence-corrected chi connectivity index (χ4v) is 1.35. The van der Waals surface area contributed by atoms with Gasteiger partial charge in [0.25, 0.3) is 0 Å². The molecule has 0 aliphatic heterocycles. The molecule has 0 radical (unpaired) electrons. The van der Waals surface area contributed by atoms with E-state index in [-0.39, 0.29) is 18.6 Å². The highest BCUT2D eigenvalue weighted by molar-refractivity contribution is 5.96. The molecule has 15 heavy (non-hydrogen) atoms. The van der Waals surface area contributed by atoms with Gasteiger partial charge in [0.15, 0.2) is 5.78 Å². The number of pyridine rings is 1. The average Bonchev–Trinajstić information content (AvgIpc) is 2.14. The first-order chi connectivity index (χ1) is 7.00. The molecule has 0 fully saturated rings. The third-order valence-corrected chi connectivity index (χ3v) is 2.05. The molecule has 80 valence electrons. The van der Waals surface area contributed by atoms with Gasteiger partial charge >= 0.3 is 5.97 Å². The molecule has 0 saturated carbocycles. The predicted octanol–water partition coefficient (Wildman–Crippen LogP) is 1.75. The molecule has 0 unspecified atom stereocenters. The monoisotopic (exact) mass is 207 g/mol. The first-order valence-electron chi connectivity index (χ1n) is 4.69. The minimum absolute atomic E-state index is 0.00618. The third kappa shape index (κ3) is 3.16.